The Morgan fingerprint density at radius 3 is 2.48 bits per heavy atom. The van der Waals surface area contributed by atoms with E-state index in [9.17, 15) is 28.5 Å². The van der Waals surface area contributed by atoms with Crippen LogP contribution in [0.3, 0.4) is 0 Å². The molecule has 0 bridgehead atoms. The van der Waals surface area contributed by atoms with Crippen molar-refractivity contribution in [2.24, 2.45) is 0 Å². The lowest BCUT2D eigenvalue weighted by atomic mass is 10.1. The normalized spacial score (nSPS) is 10.4. The maximum absolute atomic E-state index is 11.9. The number of hydrogen-bond acceptors (Lipinski definition) is 5. The van der Waals surface area contributed by atoms with Gasteiger partial charge in [0.1, 0.15) is 0 Å². The third-order valence-electron chi connectivity index (χ3n) is 2.27. The summed E-state index contributed by atoms with van der Waals surface area (Å²) in [5.41, 5.74) is -1.16. The van der Waals surface area contributed by atoms with Gasteiger partial charge in [0.25, 0.3) is 17.4 Å². The predicted molar refractivity (Wildman–Crippen MR) is 70.9 cm³/mol. The molecule has 1 aromatic carbocycles. The molecule has 0 fully saturated rings. The summed E-state index contributed by atoms with van der Waals surface area (Å²) >= 11 is 0.334. The van der Waals surface area contributed by atoms with Gasteiger partial charge in [0.15, 0.2) is 0 Å². The number of aromatic carboxylic acids is 1. The minimum absolute atomic E-state index is 0.0376. The highest BCUT2D eigenvalue weighted by atomic mass is 32.2. The van der Waals surface area contributed by atoms with Crippen molar-refractivity contribution in [1.29, 1.82) is 0 Å². The van der Waals surface area contributed by atoms with Gasteiger partial charge >= 0.3 is 5.97 Å². The highest BCUT2D eigenvalue weighted by Gasteiger charge is 2.17. The van der Waals surface area contributed by atoms with Crippen molar-refractivity contribution in [3.05, 3.63) is 39.4 Å². The molecule has 114 valence electrons. The molecule has 0 aliphatic carbocycles. The average Bonchev–Trinajstić information content (AvgIpc) is 2.42. The van der Waals surface area contributed by atoms with Crippen molar-refractivity contribution >= 4 is 29.3 Å². The monoisotopic (exact) mass is 320 g/mol. The van der Waals surface area contributed by atoms with Crippen LogP contribution in [0.25, 0.3) is 0 Å². The minimum Gasteiger partial charge on any atom is -0.478 e. The maximum Gasteiger partial charge on any atom is 0.335 e. The van der Waals surface area contributed by atoms with Crippen molar-refractivity contribution in [3.8, 4) is 0 Å². The lowest BCUT2D eigenvalue weighted by Crippen LogP contribution is -2.26. The number of nitro groups is 1. The van der Waals surface area contributed by atoms with E-state index >= 15 is 0 Å². The van der Waals surface area contributed by atoms with Crippen LogP contribution in [0, 0.1) is 10.1 Å². The molecule has 0 unspecified atom stereocenters. The SMILES string of the molecule is O=C(O)c1cc(C(=O)NCCSC(F)F)cc([N+](=O)[O-])c1. The molecular formula is C11H10F2N2O5S. The number of nitrogens with zero attached hydrogens (tertiary/aromatic N) is 1. The summed E-state index contributed by atoms with van der Waals surface area (Å²) in [7, 11) is 0. The molecule has 0 radical (unpaired) electrons. The lowest BCUT2D eigenvalue weighted by molar-refractivity contribution is -0.384. The number of carboxylic acid groups (broad SMARTS) is 1. The van der Waals surface area contributed by atoms with E-state index in [0.717, 1.165) is 18.2 Å². The quantitative estimate of drug-likeness (QED) is 0.451. The van der Waals surface area contributed by atoms with E-state index in [1.54, 1.807) is 0 Å². The second-order valence-electron chi connectivity index (χ2n) is 3.72. The summed E-state index contributed by atoms with van der Waals surface area (Å²) in [5.74, 6) is -4.78. The third-order valence-corrected chi connectivity index (χ3v) is 2.96. The molecule has 0 aromatic heterocycles. The fourth-order valence-corrected chi connectivity index (χ4v) is 1.78. The van der Waals surface area contributed by atoms with E-state index in [4.69, 9.17) is 5.11 Å². The first kappa shape index (κ1) is 16.8. The van der Waals surface area contributed by atoms with Crippen molar-refractivity contribution < 1.29 is 28.4 Å². The second kappa shape index (κ2) is 7.53. The molecule has 0 saturated heterocycles. The first-order valence-corrected chi connectivity index (χ1v) is 6.57. The summed E-state index contributed by atoms with van der Waals surface area (Å²) < 4.78 is 23.8. The van der Waals surface area contributed by atoms with Crippen LogP contribution in [-0.4, -0.2) is 40.0 Å². The number of alkyl halides is 2. The highest BCUT2D eigenvalue weighted by molar-refractivity contribution is 7.99. The molecule has 0 aliphatic rings. The van der Waals surface area contributed by atoms with E-state index in [1.165, 1.54) is 0 Å². The Balaban J connectivity index is 2.83. The highest BCUT2D eigenvalue weighted by Crippen LogP contribution is 2.17. The number of amides is 1. The molecule has 0 aliphatic heterocycles. The Morgan fingerprint density at radius 2 is 1.95 bits per heavy atom. The number of carbonyl (C=O) groups excluding carboxylic acids is 1. The van der Waals surface area contributed by atoms with Crippen LogP contribution in [0.5, 0.6) is 0 Å². The average molecular weight is 320 g/mol. The number of non-ortho nitro benzene ring substituents is 1. The van der Waals surface area contributed by atoms with E-state index < -0.39 is 33.8 Å². The van der Waals surface area contributed by atoms with Crippen LogP contribution < -0.4 is 5.32 Å². The summed E-state index contributed by atoms with van der Waals surface area (Å²) in [5, 5.41) is 21.8. The van der Waals surface area contributed by atoms with Crippen LogP contribution in [0.1, 0.15) is 20.7 Å². The summed E-state index contributed by atoms with van der Waals surface area (Å²) in [6, 6.07) is 2.72. The Labute approximate surface area is 121 Å². The van der Waals surface area contributed by atoms with Gasteiger partial charge in [-0.2, -0.15) is 8.78 Å². The van der Waals surface area contributed by atoms with Crippen molar-refractivity contribution in [2.45, 2.75) is 5.76 Å². The van der Waals surface area contributed by atoms with Crippen LogP contribution in [0.2, 0.25) is 0 Å². The van der Waals surface area contributed by atoms with Gasteiger partial charge in [0, 0.05) is 30.0 Å². The molecule has 21 heavy (non-hydrogen) atoms. The van der Waals surface area contributed by atoms with Crippen LogP contribution in [0.4, 0.5) is 14.5 Å². The second-order valence-corrected chi connectivity index (χ2v) is 4.82. The fraction of sp³-hybridized carbons (Fsp3) is 0.273. The van der Waals surface area contributed by atoms with Crippen LogP contribution in [0.15, 0.2) is 18.2 Å². The zero-order valence-corrected chi connectivity index (χ0v) is 11.2. The van der Waals surface area contributed by atoms with Crippen molar-refractivity contribution in [1.82, 2.24) is 5.32 Å². The number of nitrogens with one attached hydrogen (secondary N) is 1. The van der Waals surface area contributed by atoms with Crippen molar-refractivity contribution in [2.75, 3.05) is 12.3 Å². The lowest BCUT2D eigenvalue weighted by Gasteiger charge is -2.06. The Hall–Kier alpha value is -2.23. The van der Waals surface area contributed by atoms with Gasteiger partial charge in [-0.3, -0.25) is 14.9 Å². The van der Waals surface area contributed by atoms with Gasteiger partial charge in [-0.25, -0.2) is 4.79 Å². The zero-order chi connectivity index (χ0) is 16.0. The van der Waals surface area contributed by atoms with E-state index in [1.807, 2.05) is 0 Å². The van der Waals surface area contributed by atoms with Crippen molar-refractivity contribution in [3.63, 3.8) is 0 Å². The molecule has 1 amide bonds. The van der Waals surface area contributed by atoms with Gasteiger partial charge in [0.2, 0.25) is 0 Å². The molecule has 0 atom stereocenters. The number of halogens is 2. The van der Waals surface area contributed by atoms with E-state index in [0.29, 0.717) is 11.8 Å². The number of thioether (sulfide) groups is 1. The topological polar surface area (TPSA) is 110 Å². The number of carboxylic acids is 1. The Bertz CT molecular complexity index is 535. The molecule has 0 saturated carbocycles. The molecule has 1 aromatic rings. The van der Waals surface area contributed by atoms with Crippen LogP contribution in [-0.2, 0) is 0 Å². The Kier molecular flexibility index (Phi) is 6.03. The van der Waals surface area contributed by atoms with Crippen LogP contribution >= 0.6 is 11.8 Å². The van der Waals surface area contributed by atoms with E-state index in [-0.39, 0.29) is 17.9 Å². The first-order valence-electron chi connectivity index (χ1n) is 5.52. The Morgan fingerprint density at radius 1 is 1.33 bits per heavy atom. The number of rotatable bonds is 7. The summed E-state index contributed by atoms with van der Waals surface area (Å²) in [6.07, 6.45) is 0. The molecule has 2 N–H and O–H groups in total. The molecular weight excluding hydrogens is 310 g/mol. The smallest absolute Gasteiger partial charge is 0.335 e. The molecule has 10 heteroatoms. The summed E-state index contributed by atoms with van der Waals surface area (Å²) in [6.45, 7) is -0.0705. The number of hydrogen-bond donors (Lipinski definition) is 2. The zero-order valence-electron chi connectivity index (χ0n) is 10.4. The van der Waals surface area contributed by atoms with E-state index in [2.05, 4.69) is 5.32 Å². The van der Waals surface area contributed by atoms with Gasteiger partial charge in [-0.1, -0.05) is 11.8 Å². The number of benzene rings is 1. The largest absolute Gasteiger partial charge is 0.478 e. The summed E-state index contributed by atoms with van der Waals surface area (Å²) in [4.78, 5) is 32.4. The van der Waals surface area contributed by atoms with Gasteiger partial charge in [0.05, 0.1) is 10.5 Å². The number of carbonyl (C=O) groups is 2. The molecule has 0 heterocycles. The fourth-order valence-electron chi connectivity index (χ4n) is 1.39. The standard InChI is InChI=1S/C11H10F2N2O5S/c12-11(13)21-2-1-14-9(16)6-3-7(10(17)18)5-8(4-6)15(19)20/h3-5,11H,1-2H2,(H,14,16)(H,17,18). The maximum atomic E-state index is 11.9. The third kappa shape index (κ3) is 5.34. The van der Waals surface area contributed by atoms with Gasteiger partial charge in [-0.15, -0.1) is 0 Å². The van der Waals surface area contributed by atoms with Gasteiger partial charge < -0.3 is 10.4 Å². The minimum atomic E-state index is -2.56. The molecule has 1 rings (SSSR count). The van der Waals surface area contributed by atoms with Gasteiger partial charge in [-0.05, 0) is 6.07 Å². The molecule has 7 nitrogen and oxygen atoms in total. The number of nitro benzene ring substituents is 1. The predicted octanol–water partition coefficient (Wildman–Crippen LogP) is 1.98. The first-order chi connectivity index (χ1) is 9.81. The molecule has 0 spiro atoms.